The molecule has 2 heterocycles. The van der Waals surface area contributed by atoms with E-state index in [1.165, 1.54) is 14.2 Å². The van der Waals surface area contributed by atoms with Crippen LogP contribution in [0.15, 0.2) is 36.4 Å². The number of hydrogen-bond donors (Lipinski definition) is 1. The van der Waals surface area contributed by atoms with Gasteiger partial charge in [0.15, 0.2) is 23.0 Å². The molecule has 2 aromatic carbocycles. The highest BCUT2D eigenvalue weighted by molar-refractivity contribution is 7.10. The number of nitrogens with one attached hydrogen (secondary N) is 1. The first-order valence-electron chi connectivity index (χ1n) is 10.0. The third-order valence-electron chi connectivity index (χ3n) is 4.98. The first-order chi connectivity index (χ1) is 16.5. The smallest absolute Gasteiger partial charge is 0.257 e. The highest BCUT2D eigenvalue weighted by Crippen LogP contribution is 2.31. The van der Waals surface area contributed by atoms with Crippen LogP contribution in [-0.2, 0) is 0 Å². The van der Waals surface area contributed by atoms with E-state index in [0.29, 0.717) is 45.2 Å². The number of amides is 1. The van der Waals surface area contributed by atoms with Crippen molar-refractivity contribution in [2.45, 2.75) is 6.92 Å². The number of rotatable bonds is 8. The van der Waals surface area contributed by atoms with Gasteiger partial charge >= 0.3 is 0 Å². The van der Waals surface area contributed by atoms with Crippen LogP contribution in [0, 0.1) is 6.92 Å². The molecular weight excluding hydrogens is 460 g/mol. The molecule has 0 radical (unpaired) electrons. The quantitative estimate of drug-likeness (QED) is 0.403. The number of carbonyl (C=O) groups is 1. The zero-order chi connectivity index (χ0) is 24.2. The van der Waals surface area contributed by atoms with Crippen molar-refractivity contribution in [1.82, 2.24) is 24.4 Å². The molecule has 12 heteroatoms. The van der Waals surface area contributed by atoms with Crippen molar-refractivity contribution >= 4 is 22.6 Å². The van der Waals surface area contributed by atoms with E-state index in [2.05, 4.69) is 25.0 Å². The van der Waals surface area contributed by atoms with E-state index >= 15 is 0 Å². The zero-order valence-electron chi connectivity index (χ0n) is 19.1. The average molecular weight is 483 g/mol. The van der Waals surface area contributed by atoms with E-state index in [-0.39, 0.29) is 5.91 Å². The maximum absolute atomic E-state index is 12.7. The van der Waals surface area contributed by atoms with E-state index < -0.39 is 0 Å². The molecule has 0 fully saturated rings. The van der Waals surface area contributed by atoms with Crippen LogP contribution in [0.3, 0.4) is 0 Å². The lowest BCUT2D eigenvalue weighted by molar-refractivity contribution is 0.102. The predicted octanol–water partition coefficient (Wildman–Crippen LogP) is 3.38. The Hall–Kier alpha value is -4.19. The van der Waals surface area contributed by atoms with Crippen LogP contribution in [0.25, 0.3) is 17.2 Å². The summed E-state index contributed by atoms with van der Waals surface area (Å²) in [7, 11) is 6.18. The Morgan fingerprint density at radius 3 is 2.29 bits per heavy atom. The van der Waals surface area contributed by atoms with Gasteiger partial charge < -0.3 is 18.9 Å². The molecule has 11 nitrogen and oxygen atoms in total. The van der Waals surface area contributed by atoms with Crippen LogP contribution in [0.1, 0.15) is 16.1 Å². The number of anilines is 1. The topological polar surface area (TPSA) is 123 Å². The minimum absolute atomic E-state index is 0.321. The van der Waals surface area contributed by atoms with Crippen molar-refractivity contribution in [1.29, 1.82) is 0 Å². The van der Waals surface area contributed by atoms with Crippen molar-refractivity contribution in [3.63, 3.8) is 0 Å². The first kappa shape index (κ1) is 23.0. The number of hydrogen-bond acceptors (Lipinski definition) is 10. The van der Waals surface area contributed by atoms with Crippen LogP contribution in [0.5, 0.6) is 23.0 Å². The third-order valence-corrected chi connectivity index (χ3v) is 5.61. The van der Waals surface area contributed by atoms with Gasteiger partial charge in [0.25, 0.3) is 5.91 Å². The lowest BCUT2D eigenvalue weighted by Crippen LogP contribution is -2.12. The maximum Gasteiger partial charge on any atom is 0.257 e. The molecule has 0 bridgehead atoms. The van der Waals surface area contributed by atoms with Crippen LogP contribution >= 0.6 is 11.5 Å². The fraction of sp³-hybridized carbons (Fsp3) is 0.227. The summed E-state index contributed by atoms with van der Waals surface area (Å²) in [5.41, 5.74) is 2.32. The Balaban J connectivity index is 1.56. The van der Waals surface area contributed by atoms with E-state index in [4.69, 9.17) is 18.9 Å². The van der Waals surface area contributed by atoms with Crippen LogP contribution in [0.4, 0.5) is 5.13 Å². The van der Waals surface area contributed by atoms with Gasteiger partial charge in [0.1, 0.15) is 11.5 Å². The predicted molar refractivity (Wildman–Crippen MR) is 126 cm³/mol. The molecule has 4 aromatic rings. The Morgan fingerprint density at radius 1 is 0.941 bits per heavy atom. The first-order valence-corrected chi connectivity index (χ1v) is 10.8. The molecule has 0 saturated heterocycles. The molecule has 0 unspecified atom stereocenters. The number of benzene rings is 2. The van der Waals surface area contributed by atoms with Crippen molar-refractivity contribution in [2.24, 2.45) is 0 Å². The van der Waals surface area contributed by atoms with E-state index in [9.17, 15) is 4.79 Å². The Bertz CT molecular complexity index is 1310. The van der Waals surface area contributed by atoms with Gasteiger partial charge in [0.2, 0.25) is 5.13 Å². The second-order valence-electron chi connectivity index (χ2n) is 6.95. The molecule has 1 N–H and O–H groups in total. The lowest BCUT2D eigenvalue weighted by atomic mass is 10.2. The van der Waals surface area contributed by atoms with Gasteiger partial charge in [-0.1, -0.05) is 5.21 Å². The second-order valence-corrected chi connectivity index (χ2v) is 7.70. The summed E-state index contributed by atoms with van der Waals surface area (Å²) >= 11 is 1.04. The normalized spacial score (nSPS) is 10.6. The Morgan fingerprint density at radius 2 is 1.65 bits per heavy atom. The fourth-order valence-electron chi connectivity index (χ4n) is 3.22. The summed E-state index contributed by atoms with van der Waals surface area (Å²) in [6, 6.07) is 10.3. The van der Waals surface area contributed by atoms with E-state index in [1.54, 1.807) is 49.2 Å². The van der Waals surface area contributed by atoms with Crippen molar-refractivity contribution in [3.8, 4) is 40.2 Å². The largest absolute Gasteiger partial charge is 0.497 e. The summed E-state index contributed by atoms with van der Waals surface area (Å²) < 4.78 is 27.1. The molecular formula is C22H22N6O5S. The number of nitrogens with zero attached hydrogens (tertiary/aromatic N) is 5. The number of aromatic nitrogens is 5. The molecule has 1 amide bonds. The number of carbonyl (C=O) groups excluding carboxylic acids is 1. The van der Waals surface area contributed by atoms with Gasteiger partial charge in [-0.3, -0.25) is 10.1 Å². The minimum Gasteiger partial charge on any atom is -0.497 e. The molecule has 4 rings (SSSR count). The number of methoxy groups -OCH3 is 4. The molecule has 0 aliphatic carbocycles. The molecule has 0 aliphatic heterocycles. The van der Waals surface area contributed by atoms with Gasteiger partial charge in [0.05, 0.1) is 39.8 Å². The van der Waals surface area contributed by atoms with Crippen LogP contribution in [0.2, 0.25) is 0 Å². The summed E-state index contributed by atoms with van der Waals surface area (Å²) in [5.74, 6) is 2.18. The zero-order valence-corrected chi connectivity index (χ0v) is 20.0. The number of ether oxygens (including phenoxy) is 4. The van der Waals surface area contributed by atoms with Crippen LogP contribution in [-0.4, -0.2) is 58.7 Å². The fourth-order valence-corrected chi connectivity index (χ4v) is 3.78. The Kier molecular flexibility index (Phi) is 6.59. The molecule has 0 atom stereocenters. The highest BCUT2D eigenvalue weighted by atomic mass is 32.1. The summed E-state index contributed by atoms with van der Waals surface area (Å²) in [6.45, 7) is 1.86. The SMILES string of the molecule is COc1cc(OC)cc(C(=O)Nc2nc(-c3nnn(-c4ccc(OC)c(OC)c4)c3C)ns2)c1. The van der Waals surface area contributed by atoms with E-state index in [0.717, 1.165) is 22.9 Å². The third kappa shape index (κ3) is 4.48. The van der Waals surface area contributed by atoms with Crippen molar-refractivity contribution in [2.75, 3.05) is 33.8 Å². The molecule has 0 aliphatic rings. The highest BCUT2D eigenvalue weighted by Gasteiger charge is 2.19. The molecule has 0 spiro atoms. The van der Waals surface area contributed by atoms with Crippen molar-refractivity contribution < 1.29 is 23.7 Å². The van der Waals surface area contributed by atoms with Gasteiger partial charge in [-0.15, -0.1) is 5.10 Å². The minimum atomic E-state index is -0.370. The summed E-state index contributed by atoms with van der Waals surface area (Å²) in [6.07, 6.45) is 0. The molecule has 34 heavy (non-hydrogen) atoms. The molecule has 176 valence electrons. The standard InChI is InChI=1S/C22H22N6O5S/c1-12-19(25-27-28(12)14-6-7-17(32-4)18(10-14)33-5)20-23-22(34-26-20)24-21(29)13-8-15(30-2)11-16(9-13)31-3/h6-11H,1-5H3,(H,23,24,26,29). The van der Waals surface area contributed by atoms with E-state index in [1.807, 2.05) is 13.0 Å². The van der Waals surface area contributed by atoms with Crippen molar-refractivity contribution in [3.05, 3.63) is 47.7 Å². The average Bonchev–Trinajstić information content (AvgIpc) is 3.49. The Labute approximate surface area is 199 Å². The second kappa shape index (κ2) is 9.75. The molecule has 2 aromatic heterocycles. The maximum atomic E-state index is 12.7. The van der Waals surface area contributed by atoms with Gasteiger partial charge in [-0.2, -0.15) is 9.36 Å². The molecule has 0 saturated carbocycles. The summed E-state index contributed by atoms with van der Waals surface area (Å²) in [5, 5.41) is 11.5. The van der Waals surface area contributed by atoms with Gasteiger partial charge in [-0.05, 0) is 31.2 Å². The summed E-state index contributed by atoms with van der Waals surface area (Å²) in [4.78, 5) is 17.1. The van der Waals surface area contributed by atoms with Gasteiger partial charge in [0, 0.05) is 29.2 Å². The lowest BCUT2D eigenvalue weighted by Gasteiger charge is -2.10. The monoisotopic (exact) mass is 482 g/mol. The van der Waals surface area contributed by atoms with Crippen LogP contribution < -0.4 is 24.3 Å². The van der Waals surface area contributed by atoms with Gasteiger partial charge in [-0.25, -0.2) is 4.68 Å².